The fourth-order valence-electron chi connectivity index (χ4n) is 1.63. The molecule has 0 saturated heterocycles. The monoisotopic (exact) mass is 233 g/mol. The molecule has 0 unspecified atom stereocenters. The molecule has 6 heteroatoms. The van der Waals surface area contributed by atoms with E-state index in [2.05, 4.69) is 15.4 Å². The molecule has 0 aliphatic carbocycles. The lowest BCUT2D eigenvalue weighted by atomic mass is 10.3. The molecule has 0 fully saturated rings. The Hall–Kier alpha value is -2.24. The topological polar surface area (TPSA) is 88.7 Å². The zero-order chi connectivity index (χ0) is 12.4. The van der Waals surface area contributed by atoms with Gasteiger partial charge in [0.15, 0.2) is 0 Å². The average Bonchev–Trinajstić information content (AvgIpc) is 2.85. The molecule has 6 nitrogen and oxygen atoms in total. The van der Waals surface area contributed by atoms with Crippen molar-refractivity contribution in [2.24, 2.45) is 7.05 Å². The van der Waals surface area contributed by atoms with Crippen LogP contribution in [0.4, 0.5) is 11.4 Å². The van der Waals surface area contributed by atoms with Crippen molar-refractivity contribution in [2.45, 2.75) is 13.3 Å². The van der Waals surface area contributed by atoms with Gasteiger partial charge in [-0.2, -0.15) is 5.10 Å². The number of nitrogen functional groups attached to an aromatic ring is 1. The van der Waals surface area contributed by atoms with Crippen molar-refractivity contribution in [3.05, 3.63) is 29.8 Å². The van der Waals surface area contributed by atoms with Gasteiger partial charge in [-0.15, -0.1) is 0 Å². The quantitative estimate of drug-likeness (QED) is 0.742. The van der Waals surface area contributed by atoms with Gasteiger partial charge in [0, 0.05) is 25.1 Å². The van der Waals surface area contributed by atoms with Crippen LogP contribution >= 0.6 is 0 Å². The molecule has 0 aromatic carbocycles. The fraction of sp³-hybridized carbons (Fsp3) is 0.273. The number of amides is 1. The minimum atomic E-state index is -0.218. The van der Waals surface area contributed by atoms with Gasteiger partial charge in [-0.1, -0.05) is 6.92 Å². The van der Waals surface area contributed by atoms with Crippen LogP contribution in [-0.4, -0.2) is 20.7 Å². The van der Waals surface area contributed by atoms with Crippen LogP contribution in [0.15, 0.2) is 18.5 Å². The van der Waals surface area contributed by atoms with Crippen molar-refractivity contribution in [2.75, 3.05) is 11.1 Å². The summed E-state index contributed by atoms with van der Waals surface area (Å²) >= 11 is 0. The van der Waals surface area contributed by atoms with Crippen LogP contribution in [0.3, 0.4) is 0 Å². The van der Waals surface area contributed by atoms with E-state index in [1.54, 1.807) is 23.1 Å². The normalized spacial score (nSPS) is 10.5. The third-order valence-electron chi connectivity index (χ3n) is 2.44. The van der Waals surface area contributed by atoms with Gasteiger partial charge < -0.3 is 16.0 Å². The van der Waals surface area contributed by atoms with Crippen LogP contribution in [0.5, 0.6) is 0 Å². The Balaban J connectivity index is 2.18. The Morgan fingerprint density at radius 3 is 3.00 bits per heavy atom. The van der Waals surface area contributed by atoms with E-state index in [4.69, 9.17) is 5.73 Å². The highest BCUT2D eigenvalue weighted by molar-refractivity contribution is 6.03. The predicted molar refractivity (Wildman–Crippen MR) is 65.7 cm³/mol. The Labute approximate surface area is 98.8 Å². The summed E-state index contributed by atoms with van der Waals surface area (Å²) in [5, 5.41) is 7.05. The molecule has 0 spiro atoms. The second kappa shape index (κ2) is 4.32. The summed E-state index contributed by atoms with van der Waals surface area (Å²) in [6.45, 7) is 1.99. The highest BCUT2D eigenvalue weighted by Crippen LogP contribution is 2.15. The summed E-state index contributed by atoms with van der Waals surface area (Å²) < 4.78 is 1.68. The SMILES string of the molecule is CCc1nn(C)cc1NC(=O)c1cc(N)c[nH]1. The molecular formula is C11H15N5O. The fourth-order valence-corrected chi connectivity index (χ4v) is 1.63. The number of rotatable bonds is 3. The number of nitrogens with one attached hydrogen (secondary N) is 2. The van der Waals surface area contributed by atoms with E-state index in [0.717, 1.165) is 17.8 Å². The number of nitrogens with zero attached hydrogens (tertiary/aromatic N) is 2. The lowest BCUT2D eigenvalue weighted by molar-refractivity contribution is 0.102. The summed E-state index contributed by atoms with van der Waals surface area (Å²) in [6, 6.07) is 1.59. The summed E-state index contributed by atoms with van der Waals surface area (Å²) in [7, 11) is 1.82. The molecule has 1 amide bonds. The number of carbonyl (C=O) groups is 1. The zero-order valence-corrected chi connectivity index (χ0v) is 9.82. The highest BCUT2D eigenvalue weighted by Gasteiger charge is 2.12. The molecule has 0 saturated carbocycles. The van der Waals surface area contributed by atoms with Gasteiger partial charge in [-0.05, 0) is 12.5 Å². The maximum Gasteiger partial charge on any atom is 0.272 e. The molecular weight excluding hydrogens is 218 g/mol. The van der Waals surface area contributed by atoms with E-state index in [1.165, 1.54) is 0 Å². The van der Waals surface area contributed by atoms with Gasteiger partial charge in [-0.3, -0.25) is 9.48 Å². The first-order valence-electron chi connectivity index (χ1n) is 5.38. The van der Waals surface area contributed by atoms with Gasteiger partial charge in [-0.25, -0.2) is 0 Å². The summed E-state index contributed by atoms with van der Waals surface area (Å²) in [5.41, 5.74) is 8.11. The summed E-state index contributed by atoms with van der Waals surface area (Å²) in [6.07, 6.45) is 4.13. The number of anilines is 2. The van der Waals surface area contributed by atoms with Crippen LogP contribution in [0.25, 0.3) is 0 Å². The molecule has 2 aromatic rings. The number of aromatic nitrogens is 3. The number of aromatic amines is 1. The first-order chi connectivity index (χ1) is 8.10. The second-order valence-electron chi connectivity index (χ2n) is 3.82. The van der Waals surface area contributed by atoms with E-state index in [9.17, 15) is 4.79 Å². The molecule has 17 heavy (non-hydrogen) atoms. The third-order valence-corrected chi connectivity index (χ3v) is 2.44. The minimum absolute atomic E-state index is 0.218. The third kappa shape index (κ3) is 2.30. The molecule has 4 N–H and O–H groups in total. The average molecular weight is 233 g/mol. The van der Waals surface area contributed by atoms with E-state index in [0.29, 0.717) is 11.4 Å². The standard InChI is InChI=1S/C11H15N5O/c1-3-8-10(6-16(2)15-8)14-11(17)9-4-7(12)5-13-9/h4-6,13H,3,12H2,1-2H3,(H,14,17). The lowest BCUT2D eigenvalue weighted by Crippen LogP contribution is -2.12. The Morgan fingerprint density at radius 2 is 2.41 bits per heavy atom. The molecule has 0 bridgehead atoms. The zero-order valence-electron chi connectivity index (χ0n) is 9.82. The van der Waals surface area contributed by atoms with Gasteiger partial charge in [0.2, 0.25) is 0 Å². The van der Waals surface area contributed by atoms with Crippen LogP contribution < -0.4 is 11.1 Å². The largest absolute Gasteiger partial charge is 0.397 e. The number of H-pyrrole nitrogens is 1. The van der Waals surface area contributed by atoms with Crippen molar-refractivity contribution in [3.8, 4) is 0 Å². The second-order valence-corrected chi connectivity index (χ2v) is 3.82. The summed E-state index contributed by atoms with van der Waals surface area (Å²) in [4.78, 5) is 14.7. The number of nitrogens with two attached hydrogens (primary N) is 1. The minimum Gasteiger partial charge on any atom is -0.397 e. The van der Waals surface area contributed by atoms with Crippen LogP contribution in [0.2, 0.25) is 0 Å². The van der Waals surface area contributed by atoms with Crippen molar-refractivity contribution < 1.29 is 4.79 Å². The number of carbonyl (C=O) groups excluding carboxylic acids is 1. The van der Waals surface area contributed by atoms with Crippen molar-refractivity contribution >= 4 is 17.3 Å². The van der Waals surface area contributed by atoms with Crippen molar-refractivity contribution in [1.29, 1.82) is 0 Å². The van der Waals surface area contributed by atoms with Crippen LogP contribution in [0, 0.1) is 0 Å². The summed E-state index contributed by atoms with van der Waals surface area (Å²) in [5.74, 6) is -0.218. The number of hydrogen-bond acceptors (Lipinski definition) is 3. The molecule has 0 radical (unpaired) electrons. The first kappa shape index (κ1) is 11.3. The Kier molecular flexibility index (Phi) is 2.86. The molecule has 90 valence electrons. The maximum atomic E-state index is 11.9. The van der Waals surface area contributed by atoms with Crippen molar-refractivity contribution in [3.63, 3.8) is 0 Å². The van der Waals surface area contributed by atoms with Crippen LogP contribution in [-0.2, 0) is 13.5 Å². The van der Waals surface area contributed by atoms with E-state index in [-0.39, 0.29) is 5.91 Å². The van der Waals surface area contributed by atoms with Gasteiger partial charge in [0.25, 0.3) is 5.91 Å². The maximum absolute atomic E-state index is 11.9. The van der Waals surface area contributed by atoms with Gasteiger partial charge >= 0.3 is 0 Å². The van der Waals surface area contributed by atoms with Gasteiger partial charge in [0.05, 0.1) is 11.4 Å². The predicted octanol–water partition coefficient (Wildman–Crippen LogP) is 1.15. The molecule has 2 aromatic heterocycles. The first-order valence-corrected chi connectivity index (χ1v) is 5.38. The highest BCUT2D eigenvalue weighted by atomic mass is 16.1. The van der Waals surface area contributed by atoms with E-state index < -0.39 is 0 Å². The molecule has 2 heterocycles. The Morgan fingerprint density at radius 1 is 1.65 bits per heavy atom. The molecule has 0 atom stereocenters. The van der Waals surface area contributed by atoms with E-state index >= 15 is 0 Å². The molecule has 0 aliphatic heterocycles. The Bertz CT molecular complexity index is 540. The van der Waals surface area contributed by atoms with Crippen molar-refractivity contribution in [1.82, 2.24) is 14.8 Å². The van der Waals surface area contributed by atoms with E-state index in [1.807, 2.05) is 14.0 Å². The molecule has 2 rings (SSSR count). The van der Waals surface area contributed by atoms with Gasteiger partial charge in [0.1, 0.15) is 5.69 Å². The smallest absolute Gasteiger partial charge is 0.272 e. The molecule has 0 aliphatic rings. The number of aryl methyl sites for hydroxylation is 2. The van der Waals surface area contributed by atoms with Crippen LogP contribution in [0.1, 0.15) is 23.1 Å². The lowest BCUT2D eigenvalue weighted by Gasteiger charge is -2.01. The number of hydrogen-bond donors (Lipinski definition) is 3.